The van der Waals surface area contributed by atoms with Crippen molar-refractivity contribution in [1.82, 2.24) is 15.4 Å². The van der Waals surface area contributed by atoms with Crippen LogP contribution in [0.2, 0.25) is 0 Å². The Morgan fingerprint density at radius 1 is 1.23 bits per heavy atom. The first-order chi connectivity index (χ1) is 17.0. The zero-order valence-electron chi connectivity index (χ0n) is 20.0. The minimum absolute atomic E-state index is 0.348. The van der Waals surface area contributed by atoms with E-state index >= 15 is 0 Å². The molecule has 0 aliphatic carbocycles. The summed E-state index contributed by atoms with van der Waals surface area (Å²) in [5, 5.41) is 10.2. The van der Waals surface area contributed by atoms with E-state index in [0.29, 0.717) is 48.9 Å². The van der Waals surface area contributed by atoms with Crippen LogP contribution in [0.1, 0.15) is 36.8 Å². The van der Waals surface area contributed by atoms with Gasteiger partial charge in [0.25, 0.3) is 0 Å². The van der Waals surface area contributed by atoms with E-state index in [1.807, 2.05) is 29.7 Å². The number of pyridine rings is 1. The van der Waals surface area contributed by atoms with Gasteiger partial charge in [-0.15, -0.1) is 0 Å². The molecule has 2 heterocycles. The minimum atomic E-state index is -0.661. The number of methoxy groups -OCH3 is 1. The fourth-order valence-corrected chi connectivity index (χ4v) is 4.96. The Balaban J connectivity index is 1.39. The average molecular weight is 478 g/mol. The molecular weight excluding hydrogens is 445 g/mol. The number of carbonyl (C=O) groups excluding carboxylic acids is 1. The third-order valence-corrected chi connectivity index (χ3v) is 7.09. The molecule has 1 aliphatic rings. The van der Waals surface area contributed by atoms with Gasteiger partial charge >= 0.3 is 0 Å². The lowest BCUT2D eigenvalue weighted by Crippen LogP contribution is -2.48. The molecule has 7 heteroatoms. The second-order valence-corrected chi connectivity index (χ2v) is 9.16. The lowest BCUT2D eigenvalue weighted by Gasteiger charge is -2.40. The molecule has 4 rings (SSSR count). The molecule has 3 aromatic rings. The van der Waals surface area contributed by atoms with Gasteiger partial charge in [-0.25, -0.2) is 9.87 Å². The van der Waals surface area contributed by atoms with Crippen LogP contribution < -0.4 is 10.2 Å². The number of carbonyl (C=O) groups is 1. The molecule has 184 valence electrons. The van der Waals surface area contributed by atoms with Crippen LogP contribution in [0.3, 0.4) is 0 Å². The van der Waals surface area contributed by atoms with Crippen LogP contribution in [-0.2, 0) is 11.2 Å². The standard InChI is InChI=1S/C28H32FN3O3/c1-35-22-11-12-26-24(19-22)23(25(29)20-30-26)10-5-13-28(27(33)31-34)14-17-32(18-15-28)16-6-9-21-7-3-2-4-8-21/h2-4,6-9,11-12,19-20,34H,5,10,13-18H2,1H3,(H,31,33). The molecule has 0 atom stereocenters. The summed E-state index contributed by atoms with van der Waals surface area (Å²) < 4.78 is 20.0. The summed E-state index contributed by atoms with van der Waals surface area (Å²) in [5.41, 5.74) is 3.68. The van der Waals surface area contributed by atoms with Crippen molar-refractivity contribution in [3.8, 4) is 5.75 Å². The van der Waals surface area contributed by atoms with Gasteiger partial charge < -0.3 is 4.74 Å². The predicted molar refractivity (Wildman–Crippen MR) is 135 cm³/mol. The fraction of sp³-hybridized carbons (Fsp3) is 0.357. The van der Waals surface area contributed by atoms with Gasteiger partial charge in [0.2, 0.25) is 5.91 Å². The number of hydrogen-bond acceptors (Lipinski definition) is 5. The number of piperidine rings is 1. The van der Waals surface area contributed by atoms with Crippen molar-refractivity contribution in [2.45, 2.75) is 32.1 Å². The molecule has 2 aromatic carbocycles. The Morgan fingerprint density at radius 2 is 2.00 bits per heavy atom. The number of nitrogens with zero attached hydrogens (tertiary/aromatic N) is 2. The minimum Gasteiger partial charge on any atom is -0.497 e. The molecule has 1 aromatic heterocycles. The number of rotatable bonds is 9. The van der Waals surface area contributed by atoms with E-state index in [0.717, 1.165) is 30.6 Å². The van der Waals surface area contributed by atoms with Gasteiger partial charge in [-0.2, -0.15) is 0 Å². The summed E-state index contributed by atoms with van der Waals surface area (Å²) in [6.07, 6.45) is 8.45. The van der Waals surface area contributed by atoms with Crippen molar-refractivity contribution in [3.63, 3.8) is 0 Å². The number of hydroxylamine groups is 1. The highest BCUT2D eigenvalue weighted by molar-refractivity contribution is 5.84. The van der Waals surface area contributed by atoms with Crippen molar-refractivity contribution in [2.24, 2.45) is 5.41 Å². The Bertz CT molecular complexity index is 1170. The van der Waals surface area contributed by atoms with Gasteiger partial charge in [-0.3, -0.25) is 19.9 Å². The van der Waals surface area contributed by atoms with E-state index in [9.17, 15) is 14.4 Å². The second-order valence-electron chi connectivity index (χ2n) is 9.16. The first-order valence-corrected chi connectivity index (χ1v) is 12.0. The van der Waals surface area contributed by atoms with Gasteiger partial charge in [0.05, 0.1) is 24.2 Å². The first-order valence-electron chi connectivity index (χ1n) is 12.0. The maximum absolute atomic E-state index is 14.7. The van der Waals surface area contributed by atoms with Crippen LogP contribution >= 0.6 is 0 Å². The summed E-state index contributed by atoms with van der Waals surface area (Å²) in [4.78, 5) is 19.2. The molecule has 2 N–H and O–H groups in total. The highest BCUT2D eigenvalue weighted by Gasteiger charge is 2.40. The lowest BCUT2D eigenvalue weighted by molar-refractivity contribution is -0.143. The normalized spacial score (nSPS) is 16.0. The van der Waals surface area contributed by atoms with E-state index in [-0.39, 0.29) is 11.7 Å². The first kappa shape index (κ1) is 24.8. The molecule has 1 fully saturated rings. The van der Waals surface area contributed by atoms with E-state index in [1.54, 1.807) is 19.2 Å². The van der Waals surface area contributed by atoms with E-state index in [2.05, 4.69) is 34.2 Å². The number of aromatic nitrogens is 1. The summed E-state index contributed by atoms with van der Waals surface area (Å²) >= 11 is 0. The van der Waals surface area contributed by atoms with Crippen LogP contribution in [0.4, 0.5) is 4.39 Å². The number of likely N-dealkylation sites (tertiary alicyclic amines) is 1. The van der Waals surface area contributed by atoms with Gasteiger partial charge in [0.15, 0.2) is 0 Å². The van der Waals surface area contributed by atoms with Crippen molar-refractivity contribution in [1.29, 1.82) is 0 Å². The second kappa shape index (κ2) is 11.4. The molecule has 1 amide bonds. The van der Waals surface area contributed by atoms with Gasteiger partial charge in [0.1, 0.15) is 11.6 Å². The van der Waals surface area contributed by atoms with Gasteiger partial charge in [-0.1, -0.05) is 42.5 Å². The van der Waals surface area contributed by atoms with Crippen LogP contribution in [0, 0.1) is 11.2 Å². The highest BCUT2D eigenvalue weighted by atomic mass is 19.1. The Morgan fingerprint density at radius 3 is 2.71 bits per heavy atom. The zero-order chi connectivity index (χ0) is 24.7. The fourth-order valence-electron chi connectivity index (χ4n) is 4.96. The van der Waals surface area contributed by atoms with Crippen molar-refractivity contribution >= 4 is 22.9 Å². The molecule has 1 saturated heterocycles. The Hall–Kier alpha value is -3.29. The largest absolute Gasteiger partial charge is 0.497 e. The zero-order valence-corrected chi connectivity index (χ0v) is 20.0. The van der Waals surface area contributed by atoms with Crippen LogP contribution in [0.15, 0.2) is 60.8 Å². The number of ether oxygens (including phenoxy) is 1. The predicted octanol–water partition coefficient (Wildman–Crippen LogP) is 5.01. The molecule has 0 saturated carbocycles. The number of benzene rings is 2. The molecule has 35 heavy (non-hydrogen) atoms. The number of aryl methyl sites for hydroxylation is 1. The maximum atomic E-state index is 14.7. The summed E-state index contributed by atoms with van der Waals surface area (Å²) in [5.74, 6) is -0.0545. The molecule has 0 unspecified atom stereocenters. The monoisotopic (exact) mass is 477 g/mol. The summed E-state index contributed by atoms with van der Waals surface area (Å²) in [7, 11) is 1.58. The number of hydrogen-bond donors (Lipinski definition) is 2. The van der Waals surface area contributed by atoms with Gasteiger partial charge in [-0.05, 0) is 74.5 Å². The quantitative estimate of drug-likeness (QED) is 0.335. The molecule has 0 spiro atoms. The Kier molecular flexibility index (Phi) is 8.10. The lowest BCUT2D eigenvalue weighted by atomic mass is 9.73. The molecular formula is C28H32FN3O3. The van der Waals surface area contributed by atoms with Gasteiger partial charge in [0, 0.05) is 11.9 Å². The number of amides is 1. The summed E-state index contributed by atoms with van der Waals surface area (Å²) in [6, 6.07) is 15.6. The average Bonchev–Trinajstić information content (AvgIpc) is 2.90. The molecule has 6 nitrogen and oxygen atoms in total. The molecule has 0 radical (unpaired) electrons. The maximum Gasteiger partial charge on any atom is 0.249 e. The highest BCUT2D eigenvalue weighted by Crippen LogP contribution is 2.37. The number of nitrogens with one attached hydrogen (secondary N) is 1. The van der Waals surface area contributed by atoms with E-state index in [4.69, 9.17) is 4.74 Å². The smallest absolute Gasteiger partial charge is 0.249 e. The number of halogens is 1. The SMILES string of the molecule is COc1ccc2ncc(F)c(CCCC3(C(=O)NO)CCN(CC=Cc4ccccc4)CC3)c2c1. The van der Waals surface area contributed by atoms with Crippen LogP contribution in [-0.4, -0.2) is 47.7 Å². The van der Waals surface area contributed by atoms with Crippen LogP contribution in [0.25, 0.3) is 17.0 Å². The van der Waals surface area contributed by atoms with Crippen molar-refractivity contribution in [3.05, 3.63) is 77.7 Å². The van der Waals surface area contributed by atoms with E-state index in [1.165, 1.54) is 6.20 Å². The van der Waals surface area contributed by atoms with Crippen molar-refractivity contribution in [2.75, 3.05) is 26.7 Å². The van der Waals surface area contributed by atoms with Crippen molar-refractivity contribution < 1.29 is 19.1 Å². The third-order valence-electron chi connectivity index (χ3n) is 7.09. The third kappa shape index (κ3) is 5.86. The topological polar surface area (TPSA) is 74.7 Å². The number of fused-ring (bicyclic) bond motifs is 1. The molecule has 1 aliphatic heterocycles. The molecule has 0 bridgehead atoms. The Labute approximate surface area is 205 Å². The van der Waals surface area contributed by atoms with E-state index < -0.39 is 5.41 Å². The van der Waals surface area contributed by atoms with Crippen LogP contribution in [0.5, 0.6) is 5.75 Å². The summed E-state index contributed by atoms with van der Waals surface area (Å²) in [6.45, 7) is 2.33.